The maximum absolute atomic E-state index is 12.3. The van der Waals surface area contributed by atoms with Gasteiger partial charge < -0.3 is 5.32 Å². The van der Waals surface area contributed by atoms with Gasteiger partial charge in [-0.15, -0.1) is 0 Å². The number of sulfone groups is 1. The second kappa shape index (κ2) is 7.75. The molecule has 0 bridgehead atoms. The average molecular weight is 383 g/mol. The molecule has 0 saturated carbocycles. The summed E-state index contributed by atoms with van der Waals surface area (Å²) in [6, 6.07) is 17.8. The zero-order valence-electron chi connectivity index (χ0n) is 15.1. The number of aromatic amines is 1. The van der Waals surface area contributed by atoms with Gasteiger partial charge in [-0.3, -0.25) is 9.89 Å². The zero-order valence-corrected chi connectivity index (χ0v) is 16.0. The minimum absolute atomic E-state index is 0.253. The maximum atomic E-state index is 12.3. The summed E-state index contributed by atoms with van der Waals surface area (Å²) in [5, 5.41) is 9.23. The Balaban J connectivity index is 1.71. The van der Waals surface area contributed by atoms with Gasteiger partial charge in [0.1, 0.15) is 5.69 Å². The molecule has 0 aliphatic heterocycles. The number of carbonyl (C=O) groups excluding carboxylic acids is 1. The third-order valence-electron chi connectivity index (χ3n) is 4.22. The summed E-state index contributed by atoms with van der Waals surface area (Å²) in [7, 11) is -3.31. The van der Waals surface area contributed by atoms with E-state index < -0.39 is 15.1 Å². The molecule has 0 saturated heterocycles. The number of nitrogens with one attached hydrogen (secondary N) is 2. The summed E-state index contributed by atoms with van der Waals surface area (Å²) in [6.45, 7) is 3.73. The van der Waals surface area contributed by atoms with Crippen molar-refractivity contribution in [3.63, 3.8) is 0 Å². The molecular formula is C20H21N3O3S. The van der Waals surface area contributed by atoms with E-state index in [1.807, 2.05) is 30.3 Å². The van der Waals surface area contributed by atoms with Crippen LogP contribution in [0.3, 0.4) is 0 Å². The van der Waals surface area contributed by atoms with Crippen molar-refractivity contribution in [1.82, 2.24) is 15.5 Å². The Morgan fingerprint density at radius 3 is 2.37 bits per heavy atom. The fourth-order valence-corrected chi connectivity index (χ4v) is 3.61. The van der Waals surface area contributed by atoms with Crippen LogP contribution >= 0.6 is 0 Å². The molecule has 0 fully saturated rings. The molecule has 0 spiro atoms. The minimum atomic E-state index is -3.31. The van der Waals surface area contributed by atoms with Gasteiger partial charge in [-0.2, -0.15) is 5.10 Å². The van der Waals surface area contributed by atoms with Crippen LogP contribution in [0.25, 0.3) is 11.3 Å². The molecule has 0 aliphatic rings. The number of benzene rings is 2. The number of amides is 1. The van der Waals surface area contributed by atoms with Crippen LogP contribution < -0.4 is 5.32 Å². The lowest BCUT2D eigenvalue weighted by atomic mass is 10.1. The molecule has 1 amide bonds. The van der Waals surface area contributed by atoms with Gasteiger partial charge in [-0.1, -0.05) is 42.5 Å². The highest BCUT2D eigenvalue weighted by Crippen LogP contribution is 2.22. The SMILES string of the molecule is CC(C)S(=O)(=O)c1ccc(-c2cc(C(=O)NCc3ccccc3)[nH]n2)cc1. The number of hydrogen-bond donors (Lipinski definition) is 2. The second-order valence-electron chi connectivity index (χ2n) is 6.45. The predicted octanol–water partition coefficient (Wildman–Crippen LogP) is 3.19. The fourth-order valence-electron chi connectivity index (χ4n) is 2.55. The predicted molar refractivity (Wildman–Crippen MR) is 104 cm³/mol. The van der Waals surface area contributed by atoms with Crippen molar-refractivity contribution in [2.75, 3.05) is 0 Å². The van der Waals surface area contributed by atoms with E-state index >= 15 is 0 Å². The Hall–Kier alpha value is -2.93. The Bertz CT molecular complexity index is 1020. The van der Waals surface area contributed by atoms with Crippen LogP contribution in [-0.2, 0) is 16.4 Å². The highest BCUT2D eigenvalue weighted by atomic mass is 32.2. The Morgan fingerprint density at radius 2 is 1.74 bits per heavy atom. The van der Waals surface area contributed by atoms with Crippen LogP contribution in [0.4, 0.5) is 0 Å². The largest absolute Gasteiger partial charge is 0.347 e. The lowest BCUT2D eigenvalue weighted by Gasteiger charge is -2.07. The van der Waals surface area contributed by atoms with Crippen molar-refractivity contribution >= 4 is 15.7 Å². The molecule has 6 nitrogen and oxygen atoms in total. The lowest BCUT2D eigenvalue weighted by Crippen LogP contribution is -2.23. The maximum Gasteiger partial charge on any atom is 0.269 e. The highest BCUT2D eigenvalue weighted by Gasteiger charge is 2.19. The molecular weight excluding hydrogens is 362 g/mol. The van der Waals surface area contributed by atoms with Gasteiger partial charge in [0.2, 0.25) is 0 Å². The molecule has 0 aliphatic carbocycles. The number of aromatic nitrogens is 2. The Labute approximate surface area is 158 Å². The zero-order chi connectivity index (χ0) is 19.4. The smallest absolute Gasteiger partial charge is 0.269 e. The molecule has 7 heteroatoms. The number of nitrogens with zero attached hydrogens (tertiary/aromatic N) is 1. The minimum Gasteiger partial charge on any atom is -0.347 e. The van der Waals surface area contributed by atoms with Crippen LogP contribution in [-0.4, -0.2) is 29.8 Å². The number of carbonyl (C=O) groups is 1. The normalized spacial score (nSPS) is 11.5. The second-order valence-corrected chi connectivity index (χ2v) is 8.96. The first-order chi connectivity index (χ1) is 12.9. The standard InChI is InChI=1S/C20H21N3O3S/c1-14(2)27(25,26)17-10-8-16(9-11-17)18-12-19(23-22-18)20(24)21-13-15-6-4-3-5-7-15/h3-12,14H,13H2,1-2H3,(H,21,24)(H,22,23). The Morgan fingerprint density at radius 1 is 1.07 bits per heavy atom. The number of hydrogen-bond acceptors (Lipinski definition) is 4. The van der Waals surface area contributed by atoms with Crippen molar-refractivity contribution in [3.05, 3.63) is 71.9 Å². The molecule has 1 aromatic heterocycles. The summed E-state index contributed by atoms with van der Waals surface area (Å²) < 4.78 is 24.4. The third-order valence-corrected chi connectivity index (χ3v) is 6.39. The van der Waals surface area contributed by atoms with Gasteiger partial charge in [-0.25, -0.2) is 8.42 Å². The van der Waals surface area contributed by atoms with Crippen LogP contribution in [0.1, 0.15) is 29.9 Å². The number of H-pyrrole nitrogens is 1. The van der Waals surface area contributed by atoms with Crippen LogP contribution in [0.15, 0.2) is 65.6 Å². The number of rotatable bonds is 6. The van der Waals surface area contributed by atoms with Gasteiger partial charge in [0.25, 0.3) is 5.91 Å². The summed E-state index contributed by atoms with van der Waals surface area (Å²) >= 11 is 0. The molecule has 3 aromatic rings. The van der Waals surface area contributed by atoms with E-state index in [0.717, 1.165) is 11.1 Å². The van der Waals surface area contributed by atoms with Crippen molar-refractivity contribution < 1.29 is 13.2 Å². The van der Waals surface area contributed by atoms with Crippen LogP contribution in [0.5, 0.6) is 0 Å². The fraction of sp³-hybridized carbons (Fsp3) is 0.200. The van der Waals surface area contributed by atoms with Crippen molar-refractivity contribution in [2.45, 2.75) is 30.5 Å². The highest BCUT2D eigenvalue weighted by molar-refractivity contribution is 7.92. The van der Waals surface area contributed by atoms with Crippen molar-refractivity contribution in [2.24, 2.45) is 0 Å². The van der Waals surface area contributed by atoms with Crippen molar-refractivity contribution in [1.29, 1.82) is 0 Å². The molecule has 3 rings (SSSR count). The van der Waals surface area contributed by atoms with Crippen LogP contribution in [0, 0.1) is 0 Å². The average Bonchev–Trinajstić information content (AvgIpc) is 3.17. The summed E-state index contributed by atoms with van der Waals surface area (Å²) in [5.41, 5.74) is 2.66. The van der Waals surface area contributed by atoms with E-state index in [2.05, 4.69) is 15.5 Å². The summed E-state index contributed by atoms with van der Waals surface area (Å²) in [4.78, 5) is 12.5. The molecule has 0 unspecified atom stereocenters. The first kappa shape index (κ1) is 18.8. The monoisotopic (exact) mass is 383 g/mol. The molecule has 0 atom stereocenters. The van der Waals surface area contributed by atoms with E-state index in [0.29, 0.717) is 17.9 Å². The molecule has 140 valence electrons. The lowest BCUT2D eigenvalue weighted by molar-refractivity contribution is 0.0946. The van der Waals surface area contributed by atoms with Gasteiger partial charge in [0.05, 0.1) is 15.8 Å². The van der Waals surface area contributed by atoms with Gasteiger partial charge in [0, 0.05) is 12.1 Å². The van der Waals surface area contributed by atoms with E-state index in [1.54, 1.807) is 44.2 Å². The van der Waals surface area contributed by atoms with Crippen molar-refractivity contribution in [3.8, 4) is 11.3 Å². The van der Waals surface area contributed by atoms with Gasteiger partial charge in [0.15, 0.2) is 9.84 Å². The third kappa shape index (κ3) is 4.25. The Kier molecular flexibility index (Phi) is 5.41. The first-order valence-electron chi connectivity index (χ1n) is 8.60. The van der Waals surface area contributed by atoms with E-state index in [-0.39, 0.29) is 10.8 Å². The molecule has 0 radical (unpaired) electrons. The topological polar surface area (TPSA) is 91.9 Å². The molecule has 27 heavy (non-hydrogen) atoms. The summed E-state index contributed by atoms with van der Waals surface area (Å²) in [5.74, 6) is -0.253. The summed E-state index contributed by atoms with van der Waals surface area (Å²) in [6.07, 6.45) is 0. The van der Waals surface area contributed by atoms with Crippen LogP contribution in [0.2, 0.25) is 0 Å². The molecule has 2 N–H and O–H groups in total. The molecule has 2 aromatic carbocycles. The van der Waals surface area contributed by atoms with E-state index in [9.17, 15) is 13.2 Å². The van der Waals surface area contributed by atoms with Gasteiger partial charge >= 0.3 is 0 Å². The van der Waals surface area contributed by atoms with E-state index in [1.165, 1.54) is 0 Å². The van der Waals surface area contributed by atoms with E-state index in [4.69, 9.17) is 0 Å². The first-order valence-corrected chi connectivity index (χ1v) is 10.1. The van der Waals surface area contributed by atoms with Gasteiger partial charge in [-0.05, 0) is 37.6 Å². The molecule has 1 heterocycles. The quantitative estimate of drug-likeness (QED) is 0.684.